The first-order chi connectivity index (χ1) is 8.78. The lowest BCUT2D eigenvalue weighted by molar-refractivity contribution is -0.112. The Morgan fingerprint density at radius 1 is 1.39 bits per heavy atom. The molecule has 1 aliphatic heterocycles. The van der Waals surface area contributed by atoms with Gasteiger partial charge in [-0.15, -0.1) is 0 Å². The second-order valence-corrected chi connectivity index (χ2v) is 5.54. The van der Waals surface area contributed by atoms with E-state index in [0.717, 1.165) is 49.0 Å². The Kier molecular flexibility index (Phi) is 5.20. The Labute approximate surface area is 116 Å². The van der Waals surface area contributed by atoms with Crippen LogP contribution >= 0.6 is 15.9 Å². The highest BCUT2D eigenvalue weighted by Crippen LogP contribution is 2.18. The Hall–Kier alpha value is -0.870. The maximum absolute atomic E-state index is 10.6. The number of carbonyl (C=O) groups excluding carboxylic acids is 1. The van der Waals surface area contributed by atoms with Crippen LogP contribution in [0, 0.1) is 5.92 Å². The first kappa shape index (κ1) is 13.6. The van der Waals surface area contributed by atoms with Gasteiger partial charge in [-0.3, -0.25) is 4.90 Å². The van der Waals surface area contributed by atoms with Crippen molar-refractivity contribution in [2.45, 2.75) is 12.8 Å². The van der Waals surface area contributed by atoms with Crippen LogP contribution in [0.4, 0.5) is 0 Å². The molecule has 4 heteroatoms. The van der Waals surface area contributed by atoms with Gasteiger partial charge in [0.25, 0.3) is 0 Å². The smallest absolute Gasteiger partial charge is 0.123 e. The van der Waals surface area contributed by atoms with E-state index in [9.17, 15) is 4.79 Å². The number of likely N-dealkylation sites (tertiary alicyclic amines) is 1. The molecular formula is C14H18BrNO2. The summed E-state index contributed by atoms with van der Waals surface area (Å²) >= 11 is 3.42. The van der Waals surface area contributed by atoms with Crippen LogP contribution in [0.3, 0.4) is 0 Å². The maximum atomic E-state index is 10.6. The first-order valence-corrected chi connectivity index (χ1v) is 7.13. The third-order valence-electron chi connectivity index (χ3n) is 3.30. The number of rotatable bonds is 5. The predicted octanol–water partition coefficient (Wildman–Crippen LogP) is 2.74. The highest BCUT2D eigenvalue weighted by Gasteiger charge is 2.17. The highest BCUT2D eigenvalue weighted by atomic mass is 79.9. The van der Waals surface area contributed by atoms with E-state index in [4.69, 9.17) is 4.74 Å². The number of ether oxygens (including phenoxy) is 1. The number of nitrogens with zero attached hydrogens (tertiary/aromatic N) is 1. The van der Waals surface area contributed by atoms with E-state index in [2.05, 4.69) is 20.8 Å². The molecule has 0 aliphatic carbocycles. The van der Waals surface area contributed by atoms with Crippen molar-refractivity contribution in [3.63, 3.8) is 0 Å². The lowest BCUT2D eigenvalue weighted by Crippen LogP contribution is -2.36. The number of halogens is 1. The van der Waals surface area contributed by atoms with Crippen molar-refractivity contribution in [1.29, 1.82) is 0 Å². The largest absolute Gasteiger partial charge is 0.492 e. The molecular weight excluding hydrogens is 294 g/mol. The molecule has 3 nitrogen and oxygen atoms in total. The lowest BCUT2D eigenvalue weighted by Gasteiger charge is -2.29. The summed E-state index contributed by atoms with van der Waals surface area (Å²) in [6, 6.07) is 7.88. The molecule has 0 unspecified atom stereocenters. The van der Waals surface area contributed by atoms with Gasteiger partial charge in [-0.2, -0.15) is 0 Å². The van der Waals surface area contributed by atoms with E-state index in [1.54, 1.807) is 0 Å². The minimum atomic E-state index is 0.271. The highest BCUT2D eigenvalue weighted by molar-refractivity contribution is 9.10. The minimum Gasteiger partial charge on any atom is -0.492 e. The summed E-state index contributed by atoms with van der Waals surface area (Å²) in [5.74, 6) is 1.17. The zero-order valence-corrected chi connectivity index (χ0v) is 11.9. The summed E-state index contributed by atoms with van der Waals surface area (Å²) in [6.45, 7) is 3.64. The number of benzene rings is 1. The molecule has 98 valence electrons. The quantitative estimate of drug-likeness (QED) is 0.783. The van der Waals surface area contributed by atoms with E-state index < -0.39 is 0 Å². The molecule has 0 spiro atoms. The molecule has 0 aromatic heterocycles. The molecule has 0 N–H and O–H groups in total. The van der Waals surface area contributed by atoms with Gasteiger partial charge in [0.15, 0.2) is 0 Å². The standard InChI is InChI=1S/C14H18BrNO2/c15-13-2-1-3-14(10-13)18-9-8-16-6-4-12(11-17)5-7-16/h1-3,10-12H,4-9H2. The third kappa shape index (κ3) is 4.10. The van der Waals surface area contributed by atoms with Crippen LogP contribution in [0.2, 0.25) is 0 Å². The summed E-state index contributed by atoms with van der Waals surface area (Å²) in [6.07, 6.45) is 3.07. The third-order valence-corrected chi connectivity index (χ3v) is 3.79. The maximum Gasteiger partial charge on any atom is 0.123 e. The van der Waals surface area contributed by atoms with Gasteiger partial charge in [0.1, 0.15) is 18.6 Å². The molecule has 1 aromatic rings. The van der Waals surface area contributed by atoms with Crippen LogP contribution < -0.4 is 4.74 Å². The molecule has 1 aliphatic rings. The summed E-state index contributed by atoms with van der Waals surface area (Å²) in [7, 11) is 0. The Morgan fingerprint density at radius 2 is 2.17 bits per heavy atom. The van der Waals surface area contributed by atoms with Gasteiger partial charge >= 0.3 is 0 Å². The molecule has 0 saturated carbocycles. The van der Waals surface area contributed by atoms with Crippen molar-refractivity contribution >= 4 is 22.2 Å². The van der Waals surface area contributed by atoms with Crippen LogP contribution in [0.1, 0.15) is 12.8 Å². The normalized spacial score (nSPS) is 17.6. The van der Waals surface area contributed by atoms with Gasteiger partial charge in [-0.25, -0.2) is 0 Å². The van der Waals surface area contributed by atoms with Gasteiger partial charge in [-0.1, -0.05) is 22.0 Å². The predicted molar refractivity (Wildman–Crippen MR) is 74.9 cm³/mol. The molecule has 2 rings (SSSR count). The van der Waals surface area contributed by atoms with Gasteiger partial charge in [-0.05, 0) is 44.1 Å². The summed E-state index contributed by atoms with van der Waals surface area (Å²) in [5.41, 5.74) is 0. The molecule has 1 aromatic carbocycles. The van der Waals surface area contributed by atoms with Crippen LogP contribution in [-0.4, -0.2) is 37.4 Å². The van der Waals surface area contributed by atoms with Crippen molar-refractivity contribution in [3.05, 3.63) is 28.7 Å². The average Bonchev–Trinajstić information content (AvgIpc) is 2.40. The van der Waals surface area contributed by atoms with Crippen molar-refractivity contribution in [2.24, 2.45) is 5.92 Å². The van der Waals surface area contributed by atoms with E-state index in [1.165, 1.54) is 0 Å². The van der Waals surface area contributed by atoms with Gasteiger partial charge in [0.05, 0.1) is 0 Å². The number of hydrogen-bond donors (Lipinski definition) is 0. The Balaban J connectivity index is 1.68. The molecule has 1 fully saturated rings. The van der Waals surface area contributed by atoms with Crippen LogP contribution in [-0.2, 0) is 4.79 Å². The SMILES string of the molecule is O=CC1CCN(CCOc2cccc(Br)c2)CC1. The molecule has 0 amide bonds. The Bertz CT molecular complexity index is 389. The number of aldehydes is 1. The molecule has 0 radical (unpaired) electrons. The van der Waals surface area contributed by atoms with E-state index in [-0.39, 0.29) is 5.92 Å². The fourth-order valence-corrected chi connectivity index (χ4v) is 2.54. The van der Waals surface area contributed by atoms with Gasteiger partial charge in [0.2, 0.25) is 0 Å². The summed E-state index contributed by atoms with van der Waals surface area (Å²) in [4.78, 5) is 13.0. The molecule has 1 heterocycles. The second-order valence-electron chi connectivity index (χ2n) is 4.62. The van der Waals surface area contributed by atoms with E-state index in [0.29, 0.717) is 6.61 Å². The fraction of sp³-hybridized carbons (Fsp3) is 0.500. The topological polar surface area (TPSA) is 29.5 Å². The number of piperidine rings is 1. The van der Waals surface area contributed by atoms with Crippen molar-refractivity contribution in [3.8, 4) is 5.75 Å². The average molecular weight is 312 g/mol. The number of carbonyl (C=O) groups is 1. The van der Waals surface area contributed by atoms with Gasteiger partial charge < -0.3 is 9.53 Å². The Morgan fingerprint density at radius 3 is 2.83 bits per heavy atom. The molecule has 18 heavy (non-hydrogen) atoms. The van der Waals surface area contributed by atoms with Gasteiger partial charge in [0, 0.05) is 16.9 Å². The minimum absolute atomic E-state index is 0.271. The van der Waals surface area contributed by atoms with E-state index in [1.807, 2.05) is 24.3 Å². The van der Waals surface area contributed by atoms with Crippen molar-refractivity contribution in [1.82, 2.24) is 4.90 Å². The van der Waals surface area contributed by atoms with Crippen LogP contribution in [0.5, 0.6) is 5.75 Å². The zero-order chi connectivity index (χ0) is 12.8. The van der Waals surface area contributed by atoms with Crippen molar-refractivity contribution in [2.75, 3.05) is 26.2 Å². The molecule has 0 atom stereocenters. The first-order valence-electron chi connectivity index (χ1n) is 6.34. The lowest BCUT2D eigenvalue weighted by atomic mass is 9.99. The fourth-order valence-electron chi connectivity index (χ4n) is 2.16. The molecule has 0 bridgehead atoms. The van der Waals surface area contributed by atoms with Crippen LogP contribution in [0.15, 0.2) is 28.7 Å². The molecule has 1 saturated heterocycles. The summed E-state index contributed by atoms with van der Waals surface area (Å²) in [5, 5.41) is 0. The monoisotopic (exact) mass is 311 g/mol. The van der Waals surface area contributed by atoms with E-state index >= 15 is 0 Å². The zero-order valence-electron chi connectivity index (χ0n) is 10.3. The number of hydrogen-bond acceptors (Lipinski definition) is 3. The summed E-state index contributed by atoms with van der Waals surface area (Å²) < 4.78 is 6.74. The van der Waals surface area contributed by atoms with Crippen molar-refractivity contribution < 1.29 is 9.53 Å². The van der Waals surface area contributed by atoms with Crippen LogP contribution in [0.25, 0.3) is 0 Å². The second kappa shape index (κ2) is 6.90.